The van der Waals surface area contributed by atoms with E-state index in [2.05, 4.69) is 10.2 Å². The molecule has 0 radical (unpaired) electrons. The summed E-state index contributed by atoms with van der Waals surface area (Å²) >= 11 is 0. The molecular weight excluding hydrogens is 204 g/mol. The number of aliphatic carboxylic acids is 1. The summed E-state index contributed by atoms with van der Waals surface area (Å²) in [7, 11) is 0. The van der Waals surface area contributed by atoms with Crippen LogP contribution in [-0.4, -0.2) is 35.1 Å². The Labute approximate surface area is 93.2 Å². The van der Waals surface area contributed by atoms with Gasteiger partial charge in [-0.25, -0.2) is 4.79 Å². The van der Waals surface area contributed by atoms with Crippen LogP contribution in [0.5, 0.6) is 0 Å². The predicted molar refractivity (Wildman–Crippen MR) is 59.5 cm³/mol. The molecule has 0 spiro atoms. The van der Waals surface area contributed by atoms with Gasteiger partial charge >= 0.3 is 5.97 Å². The van der Waals surface area contributed by atoms with E-state index in [1.807, 2.05) is 18.2 Å². The normalized spacial score (nSPS) is 26.1. The maximum atomic E-state index is 11.0. The fraction of sp³-hybridized carbons (Fsp3) is 0.250. The standard InChI is InChI=1S/C12H12N2O2/c15-12(16)9-6-8-2-1-3-10-11(8)14(7-9)5-4-13-10/h1-3,6-7,11,13H,4-5H2,(H,15,16). The maximum Gasteiger partial charge on any atom is 0.337 e. The smallest absolute Gasteiger partial charge is 0.337 e. The summed E-state index contributed by atoms with van der Waals surface area (Å²) in [5.41, 5.74) is 2.56. The number of hydrogen-bond acceptors (Lipinski definition) is 3. The molecule has 4 nitrogen and oxygen atoms in total. The van der Waals surface area contributed by atoms with Crippen molar-refractivity contribution in [2.24, 2.45) is 0 Å². The summed E-state index contributed by atoms with van der Waals surface area (Å²) in [6.07, 6.45) is 9.47. The molecule has 0 bridgehead atoms. The molecule has 0 amide bonds. The van der Waals surface area contributed by atoms with Gasteiger partial charge in [-0.2, -0.15) is 0 Å². The van der Waals surface area contributed by atoms with E-state index in [9.17, 15) is 4.79 Å². The molecule has 0 saturated carbocycles. The number of allylic oxidation sites excluding steroid dienone is 2. The van der Waals surface area contributed by atoms with Crippen LogP contribution in [0.25, 0.3) is 0 Å². The molecule has 1 unspecified atom stereocenters. The fourth-order valence-corrected chi connectivity index (χ4v) is 2.39. The zero-order valence-corrected chi connectivity index (χ0v) is 8.68. The van der Waals surface area contributed by atoms with Gasteiger partial charge in [-0.05, 0) is 17.7 Å². The Hall–Kier alpha value is -1.97. The molecule has 1 fully saturated rings. The number of carbonyl (C=O) groups is 1. The molecule has 2 aliphatic heterocycles. The zero-order valence-electron chi connectivity index (χ0n) is 8.68. The van der Waals surface area contributed by atoms with Crippen LogP contribution in [0.2, 0.25) is 0 Å². The van der Waals surface area contributed by atoms with Crippen molar-refractivity contribution in [1.29, 1.82) is 0 Å². The number of carboxylic acid groups (broad SMARTS) is 1. The number of carboxylic acids is 1. The summed E-state index contributed by atoms with van der Waals surface area (Å²) in [6.45, 7) is 1.69. The first-order valence-electron chi connectivity index (χ1n) is 5.30. The molecule has 0 aromatic rings. The Balaban J connectivity index is 2.06. The van der Waals surface area contributed by atoms with Crippen LogP contribution in [0.4, 0.5) is 0 Å². The van der Waals surface area contributed by atoms with E-state index in [0.29, 0.717) is 5.57 Å². The van der Waals surface area contributed by atoms with E-state index in [1.54, 1.807) is 12.3 Å². The maximum absolute atomic E-state index is 11.0. The van der Waals surface area contributed by atoms with Crippen LogP contribution in [0.1, 0.15) is 0 Å². The van der Waals surface area contributed by atoms with Crippen molar-refractivity contribution >= 4 is 5.97 Å². The highest BCUT2D eigenvalue weighted by Crippen LogP contribution is 2.30. The van der Waals surface area contributed by atoms with Crippen LogP contribution in [0.3, 0.4) is 0 Å². The first-order chi connectivity index (χ1) is 7.75. The van der Waals surface area contributed by atoms with Crippen molar-refractivity contribution in [2.45, 2.75) is 6.04 Å². The summed E-state index contributed by atoms with van der Waals surface area (Å²) in [4.78, 5) is 13.1. The lowest BCUT2D eigenvalue weighted by atomic mass is 9.91. The summed E-state index contributed by atoms with van der Waals surface area (Å²) in [5, 5.41) is 12.4. The third-order valence-corrected chi connectivity index (χ3v) is 3.08. The Kier molecular flexibility index (Phi) is 1.89. The topological polar surface area (TPSA) is 52.6 Å². The molecule has 4 heteroatoms. The second-order valence-electron chi connectivity index (χ2n) is 4.08. The predicted octanol–water partition coefficient (Wildman–Crippen LogP) is 0.622. The minimum Gasteiger partial charge on any atom is -0.478 e. The lowest BCUT2D eigenvalue weighted by molar-refractivity contribution is -0.132. The highest BCUT2D eigenvalue weighted by Gasteiger charge is 2.31. The monoisotopic (exact) mass is 216 g/mol. The van der Waals surface area contributed by atoms with E-state index in [1.165, 1.54) is 0 Å². The second-order valence-corrected chi connectivity index (χ2v) is 4.08. The Morgan fingerprint density at radius 1 is 1.56 bits per heavy atom. The lowest BCUT2D eigenvalue weighted by Gasteiger charge is -2.41. The van der Waals surface area contributed by atoms with Crippen molar-refractivity contribution in [3.8, 4) is 0 Å². The van der Waals surface area contributed by atoms with Crippen LogP contribution in [-0.2, 0) is 4.79 Å². The Morgan fingerprint density at radius 3 is 3.25 bits per heavy atom. The highest BCUT2D eigenvalue weighted by atomic mass is 16.4. The number of rotatable bonds is 1. The van der Waals surface area contributed by atoms with Crippen molar-refractivity contribution in [3.63, 3.8) is 0 Å². The number of hydrogen-bond donors (Lipinski definition) is 2. The Morgan fingerprint density at radius 2 is 2.44 bits per heavy atom. The Bertz CT molecular complexity index is 471. The third kappa shape index (κ3) is 1.26. The largest absolute Gasteiger partial charge is 0.478 e. The van der Waals surface area contributed by atoms with Gasteiger partial charge in [-0.1, -0.05) is 12.2 Å². The first kappa shape index (κ1) is 9.27. The minimum atomic E-state index is -0.867. The fourth-order valence-electron chi connectivity index (χ4n) is 2.39. The second kappa shape index (κ2) is 3.27. The van der Waals surface area contributed by atoms with Gasteiger partial charge in [0.05, 0.1) is 11.6 Å². The van der Waals surface area contributed by atoms with Gasteiger partial charge < -0.3 is 15.3 Å². The van der Waals surface area contributed by atoms with Crippen molar-refractivity contribution in [3.05, 3.63) is 47.3 Å². The zero-order chi connectivity index (χ0) is 11.1. The SMILES string of the molecule is O=C(O)C1=CN2CCNC3=CC=CC(=C1)C32. The summed E-state index contributed by atoms with van der Waals surface area (Å²) < 4.78 is 0. The molecule has 0 aromatic heterocycles. The molecule has 82 valence electrons. The van der Waals surface area contributed by atoms with E-state index >= 15 is 0 Å². The average molecular weight is 216 g/mol. The van der Waals surface area contributed by atoms with Gasteiger partial charge in [0.2, 0.25) is 0 Å². The van der Waals surface area contributed by atoms with E-state index in [0.717, 1.165) is 24.4 Å². The molecule has 2 heterocycles. The summed E-state index contributed by atoms with van der Waals surface area (Å²) in [6, 6.07) is 0.182. The molecule has 3 rings (SSSR count). The average Bonchev–Trinajstić information content (AvgIpc) is 2.29. The number of piperazine rings is 1. The van der Waals surface area contributed by atoms with Crippen molar-refractivity contribution < 1.29 is 9.90 Å². The van der Waals surface area contributed by atoms with Crippen molar-refractivity contribution in [1.82, 2.24) is 10.2 Å². The molecule has 1 saturated heterocycles. The third-order valence-electron chi connectivity index (χ3n) is 3.08. The van der Waals surface area contributed by atoms with Crippen LogP contribution in [0.15, 0.2) is 47.3 Å². The molecule has 16 heavy (non-hydrogen) atoms. The highest BCUT2D eigenvalue weighted by molar-refractivity contribution is 5.90. The number of nitrogens with one attached hydrogen (secondary N) is 1. The molecular formula is C12H12N2O2. The van der Waals surface area contributed by atoms with E-state index in [4.69, 9.17) is 5.11 Å². The van der Waals surface area contributed by atoms with E-state index in [-0.39, 0.29) is 6.04 Å². The van der Waals surface area contributed by atoms with Gasteiger partial charge in [0.25, 0.3) is 0 Å². The first-order valence-corrected chi connectivity index (χ1v) is 5.30. The summed E-state index contributed by atoms with van der Waals surface area (Å²) in [5.74, 6) is -0.867. The number of nitrogens with zero attached hydrogens (tertiary/aromatic N) is 1. The molecule has 1 aliphatic carbocycles. The lowest BCUT2D eigenvalue weighted by Crippen LogP contribution is -2.49. The molecule has 3 aliphatic rings. The van der Waals surface area contributed by atoms with Crippen LogP contribution >= 0.6 is 0 Å². The quantitative estimate of drug-likeness (QED) is 0.674. The molecule has 1 atom stereocenters. The molecule has 2 N–H and O–H groups in total. The van der Waals surface area contributed by atoms with Gasteiger partial charge in [-0.3, -0.25) is 0 Å². The van der Waals surface area contributed by atoms with Gasteiger partial charge in [0.1, 0.15) is 0 Å². The van der Waals surface area contributed by atoms with Gasteiger partial charge in [0, 0.05) is 25.0 Å². The van der Waals surface area contributed by atoms with Crippen LogP contribution < -0.4 is 5.32 Å². The van der Waals surface area contributed by atoms with Crippen molar-refractivity contribution in [2.75, 3.05) is 13.1 Å². The minimum absolute atomic E-state index is 0.182. The van der Waals surface area contributed by atoms with Gasteiger partial charge in [-0.15, -0.1) is 0 Å². The van der Waals surface area contributed by atoms with Gasteiger partial charge in [0.15, 0.2) is 0 Å². The molecule has 0 aromatic carbocycles. The van der Waals surface area contributed by atoms with Crippen LogP contribution in [0, 0.1) is 0 Å². The van der Waals surface area contributed by atoms with E-state index < -0.39 is 5.97 Å².